The maximum Gasteiger partial charge on any atom is 0.243 e. The summed E-state index contributed by atoms with van der Waals surface area (Å²) < 4.78 is 5.16. The van der Waals surface area contributed by atoms with Gasteiger partial charge in [0.05, 0.1) is 7.11 Å². The van der Waals surface area contributed by atoms with Crippen molar-refractivity contribution in [2.75, 3.05) is 33.8 Å². The highest BCUT2D eigenvalue weighted by Gasteiger charge is 2.01. The van der Waals surface area contributed by atoms with Crippen molar-refractivity contribution in [3.8, 4) is 5.75 Å². The Morgan fingerprint density at radius 2 is 1.10 bits per heavy atom. The summed E-state index contributed by atoms with van der Waals surface area (Å²) in [6.07, 6.45) is 32.9. The predicted octanol–water partition coefficient (Wildman–Crippen LogP) is 9.97. The van der Waals surface area contributed by atoms with Gasteiger partial charge >= 0.3 is 0 Å². The van der Waals surface area contributed by atoms with Crippen molar-refractivity contribution in [2.24, 2.45) is 0 Å². The summed E-state index contributed by atoms with van der Waals surface area (Å²) in [5.41, 5.74) is 0.991. The lowest BCUT2D eigenvalue weighted by Crippen LogP contribution is -2.27. The van der Waals surface area contributed by atoms with E-state index in [9.17, 15) is 4.79 Å². The summed E-state index contributed by atoms with van der Waals surface area (Å²) in [5, 5.41) is 2.98. The first-order valence-corrected chi connectivity index (χ1v) is 16.9. The van der Waals surface area contributed by atoms with E-state index in [1.807, 2.05) is 30.3 Å². The molecule has 4 heteroatoms. The molecule has 1 rings (SSSR count). The molecule has 4 nitrogen and oxygen atoms in total. The van der Waals surface area contributed by atoms with E-state index >= 15 is 0 Å². The lowest BCUT2D eigenvalue weighted by molar-refractivity contribution is -0.116. The molecule has 230 valence electrons. The van der Waals surface area contributed by atoms with Gasteiger partial charge in [-0.1, -0.05) is 141 Å². The van der Waals surface area contributed by atoms with Crippen molar-refractivity contribution in [1.82, 2.24) is 10.2 Å². The molecule has 0 radical (unpaired) electrons. The largest absolute Gasteiger partial charge is 0.497 e. The van der Waals surface area contributed by atoms with Crippen LogP contribution in [0.5, 0.6) is 5.75 Å². The van der Waals surface area contributed by atoms with E-state index < -0.39 is 0 Å². The number of ether oxygens (including phenoxy) is 1. The second kappa shape index (κ2) is 27.4. The molecule has 0 spiro atoms. The second-order valence-electron chi connectivity index (χ2n) is 11.8. The molecule has 0 aromatic heterocycles. The number of carbonyl (C=O) groups is 1. The normalized spacial score (nSPS) is 11.5. The summed E-state index contributed by atoms with van der Waals surface area (Å²) in [6.45, 7) is 5.20. The SMILES string of the molecule is CCCCCCCCCCCCCCCCCCCCCCN(C)CCCNC(=O)/C=C/c1ccc(OC)cc1. The van der Waals surface area contributed by atoms with Gasteiger partial charge in [-0.2, -0.15) is 0 Å². The van der Waals surface area contributed by atoms with E-state index in [4.69, 9.17) is 4.74 Å². The number of rotatable bonds is 28. The predicted molar refractivity (Wildman–Crippen MR) is 175 cm³/mol. The van der Waals surface area contributed by atoms with Crippen LogP contribution in [0.2, 0.25) is 0 Å². The van der Waals surface area contributed by atoms with Crippen LogP contribution in [0.4, 0.5) is 0 Å². The number of hydrogen-bond donors (Lipinski definition) is 1. The van der Waals surface area contributed by atoms with Gasteiger partial charge in [-0.25, -0.2) is 0 Å². The summed E-state index contributed by atoms with van der Waals surface area (Å²) >= 11 is 0. The fraction of sp³-hybridized carbons (Fsp3) is 0.750. The molecule has 0 heterocycles. The highest BCUT2D eigenvalue weighted by atomic mass is 16.5. The summed E-state index contributed by atoms with van der Waals surface area (Å²) in [6, 6.07) is 7.68. The minimum atomic E-state index is -0.0347. The van der Waals surface area contributed by atoms with Gasteiger partial charge in [0.2, 0.25) is 5.91 Å². The number of nitrogens with zero attached hydrogens (tertiary/aromatic N) is 1. The molecule has 0 fully saturated rings. The molecule has 1 aromatic carbocycles. The van der Waals surface area contributed by atoms with Crippen molar-refractivity contribution in [3.05, 3.63) is 35.9 Å². The van der Waals surface area contributed by atoms with Crippen LogP contribution in [0.1, 0.15) is 147 Å². The van der Waals surface area contributed by atoms with Gasteiger partial charge in [-0.15, -0.1) is 0 Å². The van der Waals surface area contributed by atoms with E-state index in [2.05, 4.69) is 24.2 Å². The molecule has 40 heavy (non-hydrogen) atoms. The molecule has 1 N–H and O–H groups in total. The smallest absolute Gasteiger partial charge is 0.243 e. The van der Waals surface area contributed by atoms with Crippen molar-refractivity contribution in [2.45, 2.75) is 142 Å². The zero-order chi connectivity index (χ0) is 28.9. The Morgan fingerprint density at radius 3 is 1.55 bits per heavy atom. The highest BCUT2D eigenvalue weighted by molar-refractivity contribution is 5.91. The van der Waals surface area contributed by atoms with Crippen LogP contribution < -0.4 is 10.1 Å². The number of nitrogens with one attached hydrogen (secondary N) is 1. The molecule has 0 saturated carbocycles. The van der Waals surface area contributed by atoms with Crippen molar-refractivity contribution < 1.29 is 9.53 Å². The van der Waals surface area contributed by atoms with Gasteiger partial charge in [-0.05, 0) is 56.8 Å². The lowest BCUT2D eigenvalue weighted by Gasteiger charge is -2.16. The van der Waals surface area contributed by atoms with E-state index in [-0.39, 0.29) is 5.91 Å². The van der Waals surface area contributed by atoms with Gasteiger partial charge in [0.15, 0.2) is 0 Å². The van der Waals surface area contributed by atoms with E-state index in [0.717, 1.165) is 37.4 Å². The first-order valence-electron chi connectivity index (χ1n) is 16.9. The van der Waals surface area contributed by atoms with Gasteiger partial charge in [0.25, 0.3) is 0 Å². The van der Waals surface area contributed by atoms with Gasteiger partial charge < -0.3 is 15.0 Å². The average Bonchev–Trinajstić information content (AvgIpc) is 2.97. The Hall–Kier alpha value is -1.81. The van der Waals surface area contributed by atoms with E-state index in [1.54, 1.807) is 13.2 Å². The number of hydrogen-bond acceptors (Lipinski definition) is 3. The molecule has 0 aliphatic rings. The van der Waals surface area contributed by atoms with Crippen molar-refractivity contribution >= 4 is 12.0 Å². The van der Waals surface area contributed by atoms with Gasteiger partial charge in [-0.3, -0.25) is 4.79 Å². The molecule has 1 aromatic rings. The minimum Gasteiger partial charge on any atom is -0.497 e. The van der Waals surface area contributed by atoms with Crippen LogP contribution in [0.15, 0.2) is 30.3 Å². The third-order valence-electron chi connectivity index (χ3n) is 7.95. The quantitative estimate of drug-likeness (QED) is 0.0824. The number of unbranched alkanes of at least 4 members (excludes halogenated alkanes) is 19. The van der Waals surface area contributed by atoms with Crippen LogP contribution in [0.3, 0.4) is 0 Å². The first kappa shape index (κ1) is 36.2. The third-order valence-corrected chi connectivity index (χ3v) is 7.95. The van der Waals surface area contributed by atoms with Crippen LogP contribution in [0, 0.1) is 0 Å². The molecule has 0 aliphatic heterocycles. The fourth-order valence-corrected chi connectivity index (χ4v) is 5.26. The molecular weight excluding hydrogens is 492 g/mol. The summed E-state index contributed by atoms with van der Waals surface area (Å²) in [5.74, 6) is 0.786. The molecule has 0 saturated heterocycles. The summed E-state index contributed by atoms with van der Waals surface area (Å²) in [4.78, 5) is 14.4. The van der Waals surface area contributed by atoms with E-state index in [0.29, 0.717) is 0 Å². The monoisotopic (exact) mass is 556 g/mol. The Balaban J connectivity index is 1.80. The molecular formula is C36H64N2O2. The maximum absolute atomic E-state index is 12.0. The Labute approximate surface area is 248 Å². The van der Waals surface area contributed by atoms with E-state index in [1.165, 1.54) is 128 Å². The number of methoxy groups -OCH3 is 1. The van der Waals surface area contributed by atoms with Crippen LogP contribution in [-0.4, -0.2) is 44.6 Å². The summed E-state index contributed by atoms with van der Waals surface area (Å²) in [7, 11) is 3.85. The first-order chi connectivity index (χ1) is 19.7. The zero-order valence-electron chi connectivity index (χ0n) is 26.7. The maximum atomic E-state index is 12.0. The second-order valence-corrected chi connectivity index (χ2v) is 11.8. The molecule has 1 amide bonds. The topological polar surface area (TPSA) is 41.6 Å². The Morgan fingerprint density at radius 1 is 0.675 bits per heavy atom. The Kier molecular flexibility index (Phi) is 24.8. The Bertz CT molecular complexity index is 716. The molecule has 0 unspecified atom stereocenters. The standard InChI is InChI=1S/C36H64N2O2/c1-4-5-6-7-8-9-10-11-12-13-14-15-16-17-18-19-20-21-22-23-32-38(2)33-24-31-37-36(39)30-27-34-25-28-35(40-3)29-26-34/h25-30H,4-24,31-33H2,1-3H3,(H,37,39)/b30-27+. The fourth-order valence-electron chi connectivity index (χ4n) is 5.26. The third kappa shape index (κ3) is 22.9. The minimum absolute atomic E-state index is 0.0347. The average molecular weight is 557 g/mol. The lowest BCUT2D eigenvalue weighted by atomic mass is 10.0. The molecule has 0 atom stereocenters. The molecule has 0 bridgehead atoms. The number of amides is 1. The van der Waals surface area contributed by atoms with Crippen molar-refractivity contribution in [1.29, 1.82) is 0 Å². The van der Waals surface area contributed by atoms with Crippen LogP contribution in [0.25, 0.3) is 6.08 Å². The number of carbonyl (C=O) groups excluding carboxylic acids is 1. The van der Waals surface area contributed by atoms with Crippen molar-refractivity contribution in [3.63, 3.8) is 0 Å². The van der Waals surface area contributed by atoms with Gasteiger partial charge in [0, 0.05) is 12.6 Å². The molecule has 0 aliphatic carbocycles. The van der Waals surface area contributed by atoms with Crippen LogP contribution in [-0.2, 0) is 4.79 Å². The highest BCUT2D eigenvalue weighted by Crippen LogP contribution is 2.15. The number of benzene rings is 1. The van der Waals surface area contributed by atoms with Gasteiger partial charge in [0.1, 0.15) is 5.75 Å². The zero-order valence-corrected chi connectivity index (χ0v) is 26.7. The van der Waals surface area contributed by atoms with Crippen LogP contribution >= 0.6 is 0 Å².